The summed E-state index contributed by atoms with van der Waals surface area (Å²) in [7, 11) is 1.68. The van der Waals surface area contributed by atoms with Gasteiger partial charge < -0.3 is 19.9 Å². The zero-order chi connectivity index (χ0) is 36.7. The molecule has 3 rings (SSSR count). The van der Waals surface area contributed by atoms with Gasteiger partial charge in [0.1, 0.15) is 11.4 Å². The fraction of sp³-hybridized carbons (Fsp3) is 0.413. The molecule has 0 aliphatic carbocycles. The molecular formula is C46H63N3O2. The van der Waals surface area contributed by atoms with Gasteiger partial charge in [0.25, 0.3) is 0 Å². The molecule has 1 aromatic heterocycles. The summed E-state index contributed by atoms with van der Waals surface area (Å²) < 4.78 is 11.4. The van der Waals surface area contributed by atoms with Crippen molar-refractivity contribution in [2.45, 2.75) is 110 Å². The zero-order valence-corrected chi connectivity index (χ0v) is 32.1. The Morgan fingerprint density at radius 1 is 0.765 bits per heavy atom. The van der Waals surface area contributed by atoms with Crippen molar-refractivity contribution in [2.24, 2.45) is 0 Å². The molecule has 0 saturated carbocycles. The first-order valence-corrected chi connectivity index (χ1v) is 19.0. The third-order valence-corrected chi connectivity index (χ3v) is 8.75. The van der Waals surface area contributed by atoms with E-state index in [1.54, 1.807) is 7.11 Å². The highest BCUT2D eigenvalue weighted by atomic mass is 16.5. The predicted molar refractivity (Wildman–Crippen MR) is 219 cm³/mol. The van der Waals surface area contributed by atoms with Crippen LogP contribution in [0.3, 0.4) is 0 Å². The third-order valence-electron chi connectivity index (χ3n) is 8.75. The topological polar surface area (TPSA) is 59.3 Å². The average molecular weight is 690 g/mol. The number of aryl methyl sites for hydroxylation is 1. The molecule has 0 saturated heterocycles. The first-order chi connectivity index (χ1) is 24.8. The van der Waals surface area contributed by atoms with E-state index in [9.17, 15) is 0 Å². The van der Waals surface area contributed by atoms with Gasteiger partial charge in [-0.15, -0.1) is 0 Å². The highest BCUT2D eigenvalue weighted by Gasteiger charge is 2.22. The average Bonchev–Trinajstić information content (AvgIpc) is 3.55. The number of hydrogen-bond donors (Lipinski definition) is 2. The number of ether oxygens (including phenoxy) is 1. The number of aromatic nitrogens is 1. The van der Waals surface area contributed by atoms with Crippen LogP contribution in [-0.4, -0.2) is 24.4 Å². The molecule has 3 aromatic rings. The van der Waals surface area contributed by atoms with Crippen molar-refractivity contribution in [3.05, 3.63) is 133 Å². The van der Waals surface area contributed by atoms with Crippen molar-refractivity contribution in [3.8, 4) is 28.1 Å². The van der Waals surface area contributed by atoms with Crippen LogP contribution in [0.25, 0.3) is 22.4 Å². The summed E-state index contributed by atoms with van der Waals surface area (Å²) in [5.74, 6) is 1.59. The van der Waals surface area contributed by atoms with E-state index in [1.165, 1.54) is 31.2 Å². The normalized spacial score (nSPS) is 12.1. The number of methoxy groups -OCH3 is 1. The van der Waals surface area contributed by atoms with Crippen molar-refractivity contribution < 1.29 is 9.26 Å². The van der Waals surface area contributed by atoms with E-state index in [0.29, 0.717) is 13.0 Å². The number of nitrogens with zero attached hydrogens (tertiary/aromatic N) is 1. The molecule has 0 bridgehead atoms. The van der Waals surface area contributed by atoms with Crippen LogP contribution >= 0.6 is 0 Å². The Kier molecular flexibility index (Phi) is 18.5. The maximum Gasteiger partial charge on any atom is 0.151 e. The largest absolute Gasteiger partial charge is 0.497 e. The molecule has 5 nitrogen and oxygen atoms in total. The van der Waals surface area contributed by atoms with Crippen molar-refractivity contribution >= 4 is 0 Å². The van der Waals surface area contributed by atoms with Crippen LogP contribution < -0.4 is 15.4 Å². The van der Waals surface area contributed by atoms with Gasteiger partial charge >= 0.3 is 0 Å². The monoisotopic (exact) mass is 689 g/mol. The summed E-state index contributed by atoms with van der Waals surface area (Å²) in [5.41, 5.74) is 6.87. The molecule has 0 aliphatic heterocycles. The minimum absolute atomic E-state index is 0.202. The van der Waals surface area contributed by atoms with Crippen molar-refractivity contribution in [1.82, 2.24) is 15.8 Å². The molecule has 0 fully saturated rings. The van der Waals surface area contributed by atoms with Gasteiger partial charge in [0.05, 0.1) is 12.7 Å². The van der Waals surface area contributed by atoms with E-state index in [2.05, 4.69) is 142 Å². The lowest BCUT2D eigenvalue weighted by Gasteiger charge is -2.30. The van der Waals surface area contributed by atoms with Gasteiger partial charge in [0.2, 0.25) is 0 Å². The van der Waals surface area contributed by atoms with E-state index in [1.807, 2.05) is 12.1 Å². The summed E-state index contributed by atoms with van der Waals surface area (Å²) in [6.45, 7) is 18.1. The Balaban J connectivity index is 1.40. The smallest absolute Gasteiger partial charge is 0.151 e. The van der Waals surface area contributed by atoms with Crippen molar-refractivity contribution in [1.29, 1.82) is 0 Å². The predicted octanol–water partition coefficient (Wildman–Crippen LogP) is 12.3. The Labute approximate surface area is 309 Å². The molecule has 0 amide bonds. The minimum atomic E-state index is -0.202. The van der Waals surface area contributed by atoms with Crippen molar-refractivity contribution in [3.63, 3.8) is 0 Å². The molecule has 0 unspecified atom stereocenters. The fourth-order valence-electron chi connectivity index (χ4n) is 5.78. The molecule has 2 N–H and O–H groups in total. The number of nitrogens with one attached hydrogen (secondary N) is 2. The molecular weight excluding hydrogens is 627 g/mol. The lowest BCUT2D eigenvalue weighted by atomic mass is 9.96. The maximum atomic E-state index is 5.98. The van der Waals surface area contributed by atoms with E-state index in [-0.39, 0.29) is 5.54 Å². The van der Waals surface area contributed by atoms with Gasteiger partial charge in [-0.25, -0.2) is 0 Å². The molecule has 0 aliphatic rings. The van der Waals surface area contributed by atoms with Crippen LogP contribution in [0.4, 0.5) is 0 Å². The van der Waals surface area contributed by atoms with E-state index in [4.69, 9.17) is 9.26 Å². The summed E-state index contributed by atoms with van der Waals surface area (Å²) in [6, 6.07) is 16.6. The summed E-state index contributed by atoms with van der Waals surface area (Å²) in [4.78, 5) is 0. The van der Waals surface area contributed by atoms with Gasteiger partial charge in [0.15, 0.2) is 5.76 Å². The first kappa shape index (κ1) is 40.9. The Bertz CT molecular complexity index is 1570. The minimum Gasteiger partial charge on any atom is -0.497 e. The molecule has 274 valence electrons. The molecule has 2 aromatic carbocycles. The number of benzene rings is 2. The van der Waals surface area contributed by atoms with Crippen LogP contribution in [-0.2, 0) is 12.8 Å². The Morgan fingerprint density at radius 3 is 1.94 bits per heavy atom. The number of rotatable bonds is 25. The highest BCUT2D eigenvalue weighted by molar-refractivity contribution is 5.82. The van der Waals surface area contributed by atoms with Gasteiger partial charge in [0, 0.05) is 35.5 Å². The molecule has 0 radical (unpaired) electrons. The first-order valence-electron chi connectivity index (χ1n) is 19.0. The van der Waals surface area contributed by atoms with Gasteiger partial charge in [-0.3, -0.25) is 0 Å². The fourth-order valence-corrected chi connectivity index (χ4v) is 5.78. The lowest BCUT2D eigenvalue weighted by Crippen LogP contribution is -2.46. The number of allylic oxidation sites excluding steroid dienone is 10. The van der Waals surface area contributed by atoms with Crippen molar-refractivity contribution in [2.75, 3.05) is 13.7 Å². The zero-order valence-electron chi connectivity index (χ0n) is 32.1. The van der Waals surface area contributed by atoms with Gasteiger partial charge in [-0.2, -0.15) is 0 Å². The summed E-state index contributed by atoms with van der Waals surface area (Å²) in [5, 5.41) is 11.7. The number of unbranched alkanes of at least 4 members (excludes halogenated alkanes) is 4. The molecule has 1 heterocycles. The Hall–Kier alpha value is -4.51. The van der Waals surface area contributed by atoms with Crippen LogP contribution in [0.1, 0.15) is 103 Å². The van der Waals surface area contributed by atoms with Crippen LogP contribution in [0.2, 0.25) is 0 Å². The van der Waals surface area contributed by atoms with Gasteiger partial charge in [-0.1, -0.05) is 130 Å². The highest BCUT2D eigenvalue weighted by Crippen LogP contribution is 2.36. The summed E-state index contributed by atoms with van der Waals surface area (Å²) in [6.07, 6.45) is 30.9. The van der Waals surface area contributed by atoms with Crippen LogP contribution in [0.15, 0.2) is 126 Å². The van der Waals surface area contributed by atoms with Gasteiger partial charge in [-0.05, 0) is 94.9 Å². The third kappa shape index (κ3) is 15.5. The Morgan fingerprint density at radius 2 is 1.35 bits per heavy atom. The number of hydrogen-bond acceptors (Lipinski definition) is 5. The maximum absolute atomic E-state index is 5.98. The van der Waals surface area contributed by atoms with E-state index in [0.717, 1.165) is 90.2 Å². The summed E-state index contributed by atoms with van der Waals surface area (Å²) >= 11 is 0. The molecule has 5 heteroatoms. The second-order valence-electron chi connectivity index (χ2n) is 13.8. The van der Waals surface area contributed by atoms with E-state index < -0.39 is 0 Å². The van der Waals surface area contributed by atoms with Crippen LogP contribution in [0.5, 0.6) is 5.75 Å². The standard InChI is InChI=1S/C46H63N3O2/c1-8-10-11-12-13-14-15-16-17-18-19-20-21-22-23-24-25-26-37(3)48-46(5,6)36-47-38(4)35-43-44(40-31-33-42(50-7)34-32-40)45(49-51-43)41-29-27-39(9-2)28-30-41/h13-14,16-17,19-20,22-23,27-34,47-48H,3-4,8-12,15,18,21,24-26,35-36H2,1-2,5-7H3/b14-13-,17-16-,20-19-,23-22-. The van der Waals surface area contributed by atoms with E-state index >= 15 is 0 Å². The molecule has 51 heavy (non-hydrogen) atoms. The second-order valence-corrected chi connectivity index (χ2v) is 13.8. The SMILES string of the molecule is C=C(Cc1onc(-c2ccc(CC)cc2)c1-c1ccc(OC)cc1)NCC(C)(C)NC(=C)CCC/C=C\C/C=C\C/C=C\C/C=C\CCCCC. The quantitative estimate of drug-likeness (QED) is 0.0685. The molecule has 0 atom stereocenters. The van der Waals surface area contributed by atoms with Crippen LogP contribution in [0, 0.1) is 0 Å². The lowest BCUT2D eigenvalue weighted by molar-refractivity contribution is 0.381. The second kappa shape index (κ2) is 23.1. The molecule has 0 spiro atoms.